The normalized spacial score (nSPS) is 25.0. The summed E-state index contributed by atoms with van der Waals surface area (Å²) < 4.78 is 0. The third-order valence-corrected chi connectivity index (χ3v) is 4.82. The molecular formula is C17H25ClN2O2. The van der Waals surface area contributed by atoms with Gasteiger partial charge >= 0.3 is 0 Å². The summed E-state index contributed by atoms with van der Waals surface area (Å²) in [5.41, 5.74) is 0.750. The fourth-order valence-electron chi connectivity index (χ4n) is 3.26. The van der Waals surface area contributed by atoms with Crippen molar-refractivity contribution in [1.29, 1.82) is 0 Å². The number of aliphatic hydroxyl groups excluding tert-OH is 1. The van der Waals surface area contributed by atoms with Gasteiger partial charge in [-0.1, -0.05) is 23.7 Å². The second-order valence-electron chi connectivity index (χ2n) is 6.21. The summed E-state index contributed by atoms with van der Waals surface area (Å²) >= 11 is 5.83. The zero-order chi connectivity index (χ0) is 16.3. The molecule has 2 N–H and O–H groups in total. The summed E-state index contributed by atoms with van der Waals surface area (Å²) in [6, 6.07) is 7.69. The van der Waals surface area contributed by atoms with E-state index in [1.165, 1.54) is 0 Å². The van der Waals surface area contributed by atoms with Gasteiger partial charge in [-0.2, -0.15) is 0 Å². The predicted molar refractivity (Wildman–Crippen MR) is 88.9 cm³/mol. The van der Waals surface area contributed by atoms with E-state index in [1.54, 1.807) is 24.3 Å². The Labute approximate surface area is 137 Å². The van der Waals surface area contributed by atoms with Gasteiger partial charge in [-0.05, 0) is 51.3 Å². The second-order valence-corrected chi connectivity index (χ2v) is 6.65. The molecule has 0 spiro atoms. The van der Waals surface area contributed by atoms with E-state index in [0.29, 0.717) is 17.1 Å². The van der Waals surface area contributed by atoms with Gasteiger partial charge in [0.2, 0.25) is 5.91 Å². The van der Waals surface area contributed by atoms with Crippen molar-refractivity contribution in [2.75, 3.05) is 6.54 Å². The monoisotopic (exact) mass is 324 g/mol. The largest absolute Gasteiger partial charge is 0.387 e. The fourth-order valence-corrected chi connectivity index (χ4v) is 3.39. The molecule has 1 aliphatic rings. The summed E-state index contributed by atoms with van der Waals surface area (Å²) in [6.45, 7) is 6.47. The van der Waals surface area contributed by atoms with Crippen LogP contribution in [0.3, 0.4) is 0 Å². The zero-order valence-corrected chi connectivity index (χ0v) is 14.2. The molecule has 4 atom stereocenters. The van der Waals surface area contributed by atoms with Crippen LogP contribution >= 0.6 is 11.6 Å². The maximum Gasteiger partial charge on any atom is 0.237 e. The molecule has 0 aliphatic carbocycles. The van der Waals surface area contributed by atoms with Gasteiger partial charge < -0.3 is 10.4 Å². The highest BCUT2D eigenvalue weighted by molar-refractivity contribution is 6.30. The maximum absolute atomic E-state index is 12.3. The van der Waals surface area contributed by atoms with Crippen molar-refractivity contribution in [3.63, 3.8) is 0 Å². The number of hydrogen-bond donors (Lipinski definition) is 2. The number of hydrogen-bond acceptors (Lipinski definition) is 3. The first-order chi connectivity index (χ1) is 10.4. The van der Waals surface area contributed by atoms with Gasteiger partial charge in [-0.25, -0.2) is 0 Å². The van der Waals surface area contributed by atoms with Crippen molar-refractivity contribution < 1.29 is 9.90 Å². The fraction of sp³-hybridized carbons (Fsp3) is 0.588. The molecule has 1 aromatic rings. The van der Waals surface area contributed by atoms with Crippen LogP contribution in [0.4, 0.5) is 0 Å². The average Bonchev–Trinajstić information content (AvgIpc) is 2.83. The molecule has 0 radical (unpaired) electrons. The number of nitrogens with one attached hydrogen (secondary N) is 1. The van der Waals surface area contributed by atoms with Gasteiger partial charge in [0, 0.05) is 23.7 Å². The van der Waals surface area contributed by atoms with Crippen molar-refractivity contribution in [2.45, 2.75) is 57.8 Å². The van der Waals surface area contributed by atoms with E-state index in [-0.39, 0.29) is 18.5 Å². The third-order valence-electron chi connectivity index (χ3n) is 4.57. The van der Waals surface area contributed by atoms with Gasteiger partial charge in [-0.3, -0.25) is 9.69 Å². The lowest BCUT2D eigenvalue weighted by atomic mass is 10.1. The summed E-state index contributed by atoms with van der Waals surface area (Å²) in [6.07, 6.45) is 1.54. The SMILES string of the molecule is CC1CCC(C)N1C(C)C(=O)NCC(O)c1ccc(Cl)cc1. The Morgan fingerprint density at radius 3 is 2.41 bits per heavy atom. The Kier molecular flexibility index (Phi) is 5.84. The van der Waals surface area contributed by atoms with Crippen molar-refractivity contribution in [3.8, 4) is 0 Å². The summed E-state index contributed by atoms with van der Waals surface area (Å²) in [7, 11) is 0. The quantitative estimate of drug-likeness (QED) is 0.875. The Bertz CT molecular complexity index is 496. The molecule has 0 aromatic heterocycles. The molecule has 5 heteroatoms. The predicted octanol–water partition coefficient (Wildman–Crippen LogP) is 2.75. The van der Waals surface area contributed by atoms with Gasteiger partial charge in [0.25, 0.3) is 0 Å². The Morgan fingerprint density at radius 2 is 1.86 bits per heavy atom. The average molecular weight is 325 g/mol. The molecule has 2 rings (SSSR count). The minimum atomic E-state index is -0.721. The number of amides is 1. The van der Waals surface area contributed by atoms with Crippen molar-refractivity contribution >= 4 is 17.5 Å². The molecule has 0 saturated carbocycles. The Hall–Kier alpha value is -1.10. The first-order valence-electron chi connectivity index (χ1n) is 7.88. The van der Waals surface area contributed by atoms with Crippen LogP contribution in [0.1, 0.15) is 45.3 Å². The highest BCUT2D eigenvalue weighted by Crippen LogP contribution is 2.26. The molecule has 4 unspecified atom stereocenters. The van der Waals surface area contributed by atoms with E-state index < -0.39 is 6.10 Å². The van der Waals surface area contributed by atoms with Gasteiger partial charge in [0.1, 0.15) is 0 Å². The lowest BCUT2D eigenvalue weighted by molar-refractivity contribution is -0.127. The Morgan fingerprint density at radius 1 is 1.32 bits per heavy atom. The summed E-state index contributed by atoms with van der Waals surface area (Å²) in [4.78, 5) is 14.6. The second kappa shape index (κ2) is 7.44. The summed E-state index contributed by atoms with van der Waals surface area (Å²) in [5, 5.41) is 13.6. The van der Waals surface area contributed by atoms with Gasteiger partial charge in [-0.15, -0.1) is 0 Å². The maximum atomic E-state index is 12.3. The number of likely N-dealkylation sites (tertiary alicyclic amines) is 1. The van der Waals surface area contributed by atoms with Crippen LogP contribution in [-0.4, -0.2) is 40.6 Å². The highest BCUT2D eigenvalue weighted by atomic mass is 35.5. The smallest absolute Gasteiger partial charge is 0.237 e. The first kappa shape index (κ1) is 17.3. The third kappa shape index (κ3) is 4.00. The molecule has 1 heterocycles. The molecule has 1 aliphatic heterocycles. The molecule has 1 aromatic carbocycles. The number of aliphatic hydroxyl groups is 1. The molecule has 122 valence electrons. The molecule has 1 fully saturated rings. The van der Waals surface area contributed by atoms with E-state index in [2.05, 4.69) is 24.1 Å². The van der Waals surface area contributed by atoms with Crippen LogP contribution in [0, 0.1) is 0 Å². The van der Waals surface area contributed by atoms with E-state index in [0.717, 1.165) is 18.4 Å². The molecule has 22 heavy (non-hydrogen) atoms. The van der Waals surface area contributed by atoms with Crippen LogP contribution in [0.15, 0.2) is 24.3 Å². The number of carbonyl (C=O) groups is 1. The van der Waals surface area contributed by atoms with E-state index in [1.807, 2.05) is 6.92 Å². The van der Waals surface area contributed by atoms with Crippen molar-refractivity contribution in [2.24, 2.45) is 0 Å². The molecule has 1 amide bonds. The topological polar surface area (TPSA) is 52.6 Å². The van der Waals surface area contributed by atoms with Crippen LogP contribution < -0.4 is 5.32 Å². The van der Waals surface area contributed by atoms with Gasteiger partial charge in [0.15, 0.2) is 0 Å². The molecule has 4 nitrogen and oxygen atoms in total. The molecule has 1 saturated heterocycles. The van der Waals surface area contributed by atoms with Crippen LogP contribution in [0.5, 0.6) is 0 Å². The highest BCUT2D eigenvalue weighted by Gasteiger charge is 2.34. The molecular weight excluding hydrogens is 300 g/mol. The molecule has 0 bridgehead atoms. The van der Waals surface area contributed by atoms with Crippen molar-refractivity contribution in [1.82, 2.24) is 10.2 Å². The first-order valence-corrected chi connectivity index (χ1v) is 8.26. The van der Waals surface area contributed by atoms with Crippen LogP contribution in [0.25, 0.3) is 0 Å². The standard InChI is InChI=1S/C17H25ClN2O2/c1-11-4-5-12(2)20(11)13(3)17(22)19-10-16(21)14-6-8-15(18)9-7-14/h6-9,11-13,16,21H,4-5,10H2,1-3H3,(H,19,22). The lowest BCUT2D eigenvalue weighted by Crippen LogP contribution is -2.49. The van der Waals surface area contributed by atoms with Crippen LogP contribution in [-0.2, 0) is 4.79 Å². The number of rotatable bonds is 5. The van der Waals surface area contributed by atoms with Gasteiger partial charge in [0.05, 0.1) is 12.1 Å². The zero-order valence-electron chi connectivity index (χ0n) is 13.4. The van der Waals surface area contributed by atoms with Crippen LogP contribution in [0.2, 0.25) is 5.02 Å². The minimum Gasteiger partial charge on any atom is -0.387 e. The minimum absolute atomic E-state index is 0.0337. The lowest BCUT2D eigenvalue weighted by Gasteiger charge is -2.31. The number of halogens is 1. The van der Waals surface area contributed by atoms with Crippen molar-refractivity contribution in [3.05, 3.63) is 34.9 Å². The Balaban J connectivity index is 1.88. The number of benzene rings is 1. The van der Waals surface area contributed by atoms with E-state index in [4.69, 9.17) is 11.6 Å². The number of carbonyl (C=O) groups excluding carboxylic acids is 1. The van der Waals surface area contributed by atoms with E-state index in [9.17, 15) is 9.90 Å². The summed E-state index contributed by atoms with van der Waals surface area (Å²) in [5.74, 6) is -0.0337. The number of nitrogens with zero attached hydrogens (tertiary/aromatic N) is 1. The van der Waals surface area contributed by atoms with E-state index >= 15 is 0 Å².